The molecule has 29 heavy (non-hydrogen) atoms. The third-order valence-corrected chi connectivity index (χ3v) is 7.23. The summed E-state index contributed by atoms with van der Waals surface area (Å²) in [5.41, 5.74) is 1.39. The summed E-state index contributed by atoms with van der Waals surface area (Å²) in [4.78, 5) is 16.1. The maximum atomic E-state index is 12.9. The van der Waals surface area contributed by atoms with E-state index >= 15 is 0 Å². The molecule has 152 valence electrons. The molecule has 0 spiro atoms. The number of aromatic nitrogens is 4. The summed E-state index contributed by atoms with van der Waals surface area (Å²) in [6, 6.07) is 14.7. The molecule has 1 saturated heterocycles. The van der Waals surface area contributed by atoms with Gasteiger partial charge in [-0.1, -0.05) is 48.2 Å². The van der Waals surface area contributed by atoms with Gasteiger partial charge < -0.3 is 4.90 Å². The number of thioether (sulfide) groups is 1. The van der Waals surface area contributed by atoms with Crippen LogP contribution in [0.1, 0.15) is 30.2 Å². The normalized spacial score (nSPS) is 16.1. The number of likely N-dealkylation sites (tertiary alicyclic amines) is 1. The highest BCUT2D eigenvalue weighted by Crippen LogP contribution is 2.26. The van der Waals surface area contributed by atoms with E-state index in [0.717, 1.165) is 32.4 Å². The molecule has 0 bridgehead atoms. The summed E-state index contributed by atoms with van der Waals surface area (Å²) >= 11 is 3.12. The predicted molar refractivity (Wildman–Crippen MR) is 116 cm³/mol. The van der Waals surface area contributed by atoms with Gasteiger partial charge >= 0.3 is 0 Å². The Hall–Kier alpha value is -2.19. The third kappa shape index (κ3) is 5.25. The Morgan fingerprint density at radius 3 is 2.72 bits per heavy atom. The summed E-state index contributed by atoms with van der Waals surface area (Å²) in [5.74, 6) is 0.835. The van der Waals surface area contributed by atoms with Crippen molar-refractivity contribution in [2.24, 2.45) is 5.92 Å². The number of tetrazole rings is 1. The Balaban J connectivity index is 1.29. The van der Waals surface area contributed by atoms with Crippen LogP contribution in [0.25, 0.3) is 0 Å². The van der Waals surface area contributed by atoms with Crippen molar-refractivity contribution >= 4 is 29.0 Å². The van der Waals surface area contributed by atoms with E-state index in [1.54, 1.807) is 16.0 Å². The number of carbonyl (C=O) groups excluding carboxylic acids is 1. The number of piperidine rings is 1. The van der Waals surface area contributed by atoms with Crippen LogP contribution in [0.4, 0.5) is 0 Å². The first-order chi connectivity index (χ1) is 14.2. The zero-order valence-corrected chi connectivity index (χ0v) is 18.1. The lowest BCUT2D eigenvalue weighted by Gasteiger charge is -2.33. The molecular formula is C21H25N5OS2. The van der Waals surface area contributed by atoms with Crippen molar-refractivity contribution in [3.63, 3.8) is 0 Å². The Kier molecular flexibility index (Phi) is 6.61. The molecule has 1 fully saturated rings. The van der Waals surface area contributed by atoms with E-state index in [2.05, 4.69) is 51.9 Å². The smallest absolute Gasteiger partial charge is 0.235 e. The summed E-state index contributed by atoms with van der Waals surface area (Å²) in [6.07, 6.45) is 3.23. The number of hydrogen-bond acceptors (Lipinski definition) is 6. The molecule has 0 radical (unpaired) electrons. The molecule has 8 heteroatoms. The molecule has 3 aromatic rings. The molecule has 4 rings (SSSR count). The molecule has 0 aliphatic carbocycles. The van der Waals surface area contributed by atoms with Crippen molar-refractivity contribution in [2.45, 2.75) is 43.1 Å². The van der Waals surface area contributed by atoms with Crippen molar-refractivity contribution in [1.82, 2.24) is 25.1 Å². The van der Waals surface area contributed by atoms with Crippen LogP contribution in [0.2, 0.25) is 0 Å². The molecule has 1 amide bonds. The van der Waals surface area contributed by atoms with Crippen LogP contribution >= 0.6 is 23.1 Å². The van der Waals surface area contributed by atoms with Gasteiger partial charge in [0.25, 0.3) is 0 Å². The van der Waals surface area contributed by atoms with E-state index < -0.39 is 0 Å². The van der Waals surface area contributed by atoms with Crippen LogP contribution in [0.5, 0.6) is 0 Å². The molecule has 0 unspecified atom stereocenters. The van der Waals surface area contributed by atoms with E-state index in [1.807, 2.05) is 23.3 Å². The zero-order chi connectivity index (χ0) is 20.1. The Labute approximate surface area is 179 Å². The standard InChI is InChI=1S/C21H25N5OS2/c1-16(29-21-22-23-24-26(21)15-19-8-5-13-28-19)20(27)25-11-9-18(10-12-25)14-17-6-3-2-4-7-17/h2-8,13,16,18H,9-12,14-15H2,1H3/t16-/m0/s1. The molecular weight excluding hydrogens is 402 g/mol. The van der Waals surface area contributed by atoms with Crippen molar-refractivity contribution in [2.75, 3.05) is 13.1 Å². The van der Waals surface area contributed by atoms with Crippen molar-refractivity contribution in [3.8, 4) is 0 Å². The summed E-state index contributed by atoms with van der Waals surface area (Å²) in [6.45, 7) is 4.26. The number of amides is 1. The molecule has 1 aliphatic rings. The van der Waals surface area contributed by atoms with Crippen LogP contribution in [0, 0.1) is 5.92 Å². The number of hydrogen-bond donors (Lipinski definition) is 0. The fraction of sp³-hybridized carbons (Fsp3) is 0.429. The van der Waals surface area contributed by atoms with Gasteiger partial charge in [-0.3, -0.25) is 4.79 Å². The Morgan fingerprint density at radius 2 is 2.00 bits per heavy atom. The summed E-state index contributed by atoms with van der Waals surface area (Å²) in [5, 5.41) is 14.5. The topological polar surface area (TPSA) is 63.9 Å². The minimum Gasteiger partial charge on any atom is -0.342 e. The molecule has 1 atom stereocenters. The molecule has 6 nitrogen and oxygen atoms in total. The second-order valence-corrected chi connectivity index (χ2v) is 9.76. The average Bonchev–Trinajstić information content (AvgIpc) is 3.42. The highest BCUT2D eigenvalue weighted by Gasteiger charge is 2.27. The fourth-order valence-electron chi connectivity index (χ4n) is 3.70. The molecule has 3 heterocycles. The number of thiophene rings is 1. The minimum absolute atomic E-state index is 0.179. The van der Waals surface area contributed by atoms with E-state index in [4.69, 9.17) is 0 Å². The number of carbonyl (C=O) groups is 1. The lowest BCUT2D eigenvalue weighted by molar-refractivity contribution is -0.131. The van der Waals surface area contributed by atoms with Gasteiger partial charge in [-0.2, -0.15) is 0 Å². The van der Waals surface area contributed by atoms with E-state index in [1.165, 1.54) is 22.2 Å². The highest BCUT2D eigenvalue weighted by molar-refractivity contribution is 8.00. The Bertz CT molecular complexity index is 904. The van der Waals surface area contributed by atoms with Crippen LogP contribution in [-0.4, -0.2) is 49.4 Å². The zero-order valence-electron chi connectivity index (χ0n) is 16.5. The van der Waals surface area contributed by atoms with Crippen LogP contribution in [0.15, 0.2) is 53.0 Å². The van der Waals surface area contributed by atoms with E-state index in [-0.39, 0.29) is 11.2 Å². The molecule has 0 N–H and O–H groups in total. The third-order valence-electron chi connectivity index (χ3n) is 5.31. The van der Waals surface area contributed by atoms with Crippen LogP contribution in [0.3, 0.4) is 0 Å². The maximum absolute atomic E-state index is 12.9. The lowest BCUT2D eigenvalue weighted by Crippen LogP contribution is -2.42. The van der Waals surface area contributed by atoms with Gasteiger partial charge in [-0.15, -0.1) is 16.4 Å². The molecule has 1 aliphatic heterocycles. The van der Waals surface area contributed by atoms with Gasteiger partial charge in [0.05, 0.1) is 11.8 Å². The molecule has 1 aromatic carbocycles. The average molecular weight is 428 g/mol. The quantitative estimate of drug-likeness (QED) is 0.538. The largest absolute Gasteiger partial charge is 0.342 e. The van der Waals surface area contributed by atoms with Crippen LogP contribution < -0.4 is 0 Å². The number of benzene rings is 1. The fourth-order valence-corrected chi connectivity index (χ4v) is 5.26. The van der Waals surface area contributed by atoms with E-state index in [9.17, 15) is 4.79 Å². The maximum Gasteiger partial charge on any atom is 0.235 e. The Morgan fingerprint density at radius 1 is 1.21 bits per heavy atom. The monoisotopic (exact) mass is 427 g/mol. The SMILES string of the molecule is C[C@H](Sc1nnnn1Cc1cccs1)C(=O)N1CCC(Cc2ccccc2)CC1. The molecule has 0 saturated carbocycles. The summed E-state index contributed by atoms with van der Waals surface area (Å²) < 4.78 is 1.77. The summed E-state index contributed by atoms with van der Waals surface area (Å²) in [7, 11) is 0. The van der Waals surface area contributed by atoms with Gasteiger partial charge in [0.2, 0.25) is 11.1 Å². The number of rotatable bonds is 7. The van der Waals surface area contributed by atoms with Crippen molar-refractivity contribution in [3.05, 3.63) is 58.3 Å². The van der Waals surface area contributed by atoms with Gasteiger partial charge in [0.15, 0.2) is 0 Å². The first-order valence-corrected chi connectivity index (χ1v) is 11.7. The molecule has 2 aromatic heterocycles. The van der Waals surface area contributed by atoms with Crippen molar-refractivity contribution in [1.29, 1.82) is 0 Å². The van der Waals surface area contributed by atoms with Gasteiger partial charge in [-0.25, -0.2) is 4.68 Å². The predicted octanol–water partition coefficient (Wildman–Crippen LogP) is 3.74. The minimum atomic E-state index is -0.200. The first kappa shape index (κ1) is 20.1. The second kappa shape index (κ2) is 9.54. The first-order valence-electron chi connectivity index (χ1n) is 9.97. The number of nitrogens with zero attached hydrogens (tertiary/aromatic N) is 5. The highest BCUT2D eigenvalue weighted by atomic mass is 32.2. The van der Waals surface area contributed by atoms with Crippen molar-refractivity contribution < 1.29 is 4.79 Å². The van der Waals surface area contributed by atoms with Gasteiger partial charge in [-0.05, 0) is 59.5 Å². The van der Waals surface area contributed by atoms with Gasteiger partial charge in [0.1, 0.15) is 0 Å². The lowest BCUT2D eigenvalue weighted by atomic mass is 9.90. The van der Waals surface area contributed by atoms with Crippen LogP contribution in [-0.2, 0) is 17.8 Å². The van der Waals surface area contributed by atoms with E-state index in [0.29, 0.717) is 17.6 Å². The van der Waals surface area contributed by atoms with Gasteiger partial charge in [0, 0.05) is 18.0 Å². The second-order valence-electron chi connectivity index (χ2n) is 7.42.